The molecule has 0 spiro atoms. The quantitative estimate of drug-likeness (QED) is 0.921. The van der Waals surface area contributed by atoms with Crippen LogP contribution in [0.5, 0.6) is 0 Å². The molecule has 19 heavy (non-hydrogen) atoms. The molecule has 0 atom stereocenters. The number of fused-ring (bicyclic) bond motifs is 1. The van der Waals surface area contributed by atoms with Gasteiger partial charge in [0, 0.05) is 30.7 Å². The molecule has 0 saturated carbocycles. The Kier molecular flexibility index (Phi) is 3.38. The second kappa shape index (κ2) is 5.17. The van der Waals surface area contributed by atoms with Gasteiger partial charge in [0.15, 0.2) is 5.65 Å². The molecule has 0 aliphatic carbocycles. The number of aromatic nitrogens is 3. The van der Waals surface area contributed by atoms with Crippen molar-refractivity contribution in [2.24, 2.45) is 0 Å². The van der Waals surface area contributed by atoms with Crippen molar-refractivity contribution >= 4 is 16.7 Å². The van der Waals surface area contributed by atoms with Crippen LogP contribution in [0.1, 0.15) is 32.7 Å². The molecule has 0 aromatic carbocycles. The first-order chi connectivity index (χ1) is 9.24. The lowest BCUT2D eigenvalue weighted by Gasteiger charge is -2.23. The predicted molar refractivity (Wildman–Crippen MR) is 75.4 cm³/mol. The van der Waals surface area contributed by atoms with Gasteiger partial charge in [0.2, 0.25) is 0 Å². The highest BCUT2D eigenvalue weighted by Gasteiger charge is 2.14. The summed E-state index contributed by atoms with van der Waals surface area (Å²) in [6, 6.07) is 2.95. The first-order valence-corrected chi connectivity index (χ1v) is 6.91. The van der Waals surface area contributed by atoms with Crippen molar-refractivity contribution in [2.75, 3.05) is 18.5 Å². The van der Waals surface area contributed by atoms with Crippen molar-refractivity contribution in [3.05, 3.63) is 18.5 Å². The lowest BCUT2D eigenvalue weighted by Crippen LogP contribution is -2.27. The van der Waals surface area contributed by atoms with Crippen LogP contribution in [0.2, 0.25) is 0 Å². The Morgan fingerprint density at radius 1 is 1.32 bits per heavy atom. The Labute approximate surface area is 113 Å². The van der Waals surface area contributed by atoms with E-state index in [0.29, 0.717) is 12.1 Å². The minimum atomic E-state index is 0.333. The fourth-order valence-electron chi connectivity index (χ4n) is 2.47. The number of pyridine rings is 1. The minimum absolute atomic E-state index is 0.333. The van der Waals surface area contributed by atoms with Crippen molar-refractivity contribution in [3.8, 4) is 0 Å². The number of rotatable bonds is 3. The van der Waals surface area contributed by atoms with Crippen molar-refractivity contribution < 1.29 is 4.74 Å². The molecule has 0 amide bonds. The molecule has 102 valence electrons. The van der Waals surface area contributed by atoms with E-state index in [1.165, 1.54) is 0 Å². The molecular weight excluding hydrogens is 240 g/mol. The lowest BCUT2D eigenvalue weighted by atomic mass is 10.1. The van der Waals surface area contributed by atoms with Gasteiger partial charge in [0.25, 0.3) is 0 Å². The molecular formula is C14H20N4O. The van der Waals surface area contributed by atoms with E-state index in [-0.39, 0.29) is 0 Å². The van der Waals surface area contributed by atoms with Gasteiger partial charge >= 0.3 is 0 Å². The van der Waals surface area contributed by atoms with E-state index in [2.05, 4.69) is 35.3 Å². The number of hydrogen-bond acceptors (Lipinski definition) is 4. The van der Waals surface area contributed by atoms with Crippen LogP contribution in [0.3, 0.4) is 0 Å². The van der Waals surface area contributed by atoms with E-state index in [9.17, 15) is 0 Å². The Morgan fingerprint density at radius 3 is 2.84 bits per heavy atom. The fraction of sp³-hybridized carbons (Fsp3) is 0.571. The predicted octanol–water partition coefficient (Wildman–Crippen LogP) is 2.60. The maximum Gasteiger partial charge on any atom is 0.158 e. The van der Waals surface area contributed by atoms with Crippen LogP contribution in [0.25, 0.3) is 11.0 Å². The highest BCUT2D eigenvalue weighted by molar-refractivity contribution is 5.78. The molecule has 1 aliphatic heterocycles. The highest BCUT2D eigenvalue weighted by atomic mass is 16.5. The standard InChI is InChI=1S/C14H20N4O/c1-10(2)18-14-11(8-16-18)7-13(9-15-14)17-12-3-5-19-6-4-12/h7-10,12,17H,3-6H2,1-2H3. The van der Waals surface area contributed by atoms with E-state index in [4.69, 9.17) is 4.74 Å². The second-order valence-electron chi connectivity index (χ2n) is 5.35. The van der Waals surface area contributed by atoms with Gasteiger partial charge in [-0.05, 0) is 32.8 Å². The average Bonchev–Trinajstić information content (AvgIpc) is 2.83. The number of nitrogens with one attached hydrogen (secondary N) is 1. The first-order valence-electron chi connectivity index (χ1n) is 6.91. The first kappa shape index (κ1) is 12.4. The molecule has 0 bridgehead atoms. The molecule has 0 unspecified atom stereocenters. The van der Waals surface area contributed by atoms with Crippen molar-refractivity contribution in [2.45, 2.75) is 38.8 Å². The van der Waals surface area contributed by atoms with E-state index < -0.39 is 0 Å². The average molecular weight is 260 g/mol. The summed E-state index contributed by atoms with van der Waals surface area (Å²) in [5.41, 5.74) is 2.02. The second-order valence-corrected chi connectivity index (χ2v) is 5.35. The summed E-state index contributed by atoms with van der Waals surface area (Å²) in [5, 5.41) is 9.01. The summed E-state index contributed by atoms with van der Waals surface area (Å²) in [6.45, 7) is 5.92. The maximum absolute atomic E-state index is 5.37. The van der Waals surface area contributed by atoms with Crippen molar-refractivity contribution in [1.82, 2.24) is 14.8 Å². The lowest BCUT2D eigenvalue weighted by molar-refractivity contribution is 0.0904. The molecule has 5 nitrogen and oxygen atoms in total. The summed E-state index contributed by atoms with van der Waals surface area (Å²) in [6.07, 6.45) is 5.91. The van der Waals surface area contributed by atoms with Crippen LogP contribution in [0, 0.1) is 0 Å². The van der Waals surface area contributed by atoms with Crippen molar-refractivity contribution in [1.29, 1.82) is 0 Å². The Hall–Kier alpha value is -1.62. The van der Waals surface area contributed by atoms with Gasteiger partial charge in [-0.15, -0.1) is 0 Å². The monoisotopic (exact) mass is 260 g/mol. The largest absolute Gasteiger partial charge is 0.381 e. The molecule has 1 saturated heterocycles. The molecule has 0 radical (unpaired) electrons. The summed E-state index contributed by atoms with van der Waals surface area (Å²) in [7, 11) is 0. The van der Waals surface area contributed by atoms with Gasteiger partial charge in [0.1, 0.15) is 0 Å². The molecule has 3 heterocycles. The minimum Gasteiger partial charge on any atom is -0.381 e. The van der Waals surface area contributed by atoms with Crippen molar-refractivity contribution in [3.63, 3.8) is 0 Å². The summed E-state index contributed by atoms with van der Waals surface area (Å²) in [4.78, 5) is 4.53. The normalized spacial score (nSPS) is 17.2. The zero-order chi connectivity index (χ0) is 13.2. The fourth-order valence-corrected chi connectivity index (χ4v) is 2.47. The Bertz CT molecular complexity index is 558. The third kappa shape index (κ3) is 2.56. The Balaban J connectivity index is 1.81. The zero-order valence-corrected chi connectivity index (χ0v) is 11.5. The molecule has 2 aromatic heterocycles. The van der Waals surface area contributed by atoms with Crippen LogP contribution in [0.4, 0.5) is 5.69 Å². The molecule has 1 N–H and O–H groups in total. The zero-order valence-electron chi connectivity index (χ0n) is 11.5. The molecule has 1 fully saturated rings. The van der Waals surface area contributed by atoms with Gasteiger partial charge in [-0.1, -0.05) is 0 Å². The summed E-state index contributed by atoms with van der Waals surface area (Å²) in [5.74, 6) is 0. The SMILES string of the molecule is CC(C)n1ncc2cc(NC3CCOCC3)cnc21. The van der Waals surface area contributed by atoms with Gasteiger partial charge < -0.3 is 10.1 Å². The highest BCUT2D eigenvalue weighted by Crippen LogP contribution is 2.21. The van der Waals surface area contributed by atoms with Crippen LogP contribution in [-0.4, -0.2) is 34.0 Å². The summed E-state index contributed by atoms with van der Waals surface area (Å²) < 4.78 is 7.32. The Morgan fingerprint density at radius 2 is 2.11 bits per heavy atom. The molecule has 3 rings (SSSR count). The van der Waals surface area contributed by atoms with Crippen LogP contribution >= 0.6 is 0 Å². The smallest absolute Gasteiger partial charge is 0.158 e. The molecule has 1 aliphatic rings. The number of nitrogens with zero attached hydrogens (tertiary/aromatic N) is 3. The van der Waals surface area contributed by atoms with Crippen LogP contribution in [0.15, 0.2) is 18.5 Å². The van der Waals surface area contributed by atoms with E-state index in [1.54, 1.807) is 0 Å². The summed E-state index contributed by atoms with van der Waals surface area (Å²) >= 11 is 0. The number of ether oxygens (including phenoxy) is 1. The van der Waals surface area contributed by atoms with E-state index in [0.717, 1.165) is 42.8 Å². The van der Waals surface area contributed by atoms with E-state index >= 15 is 0 Å². The van der Waals surface area contributed by atoms with Gasteiger partial charge in [-0.3, -0.25) is 0 Å². The van der Waals surface area contributed by atoms with Gasteiger partial charge in [0.05, 0.1) is 18.1 Å². The third-order valence-corrected chi connectivity index (χ3v) is 3.51. The topological polar surface area (TPSA) is 52.0 Å². The number of hydrogen-bond donors (Lipinski definition) is 1. The van der Waals surface area contributed by atoms with Gasteiger partial charge in [-0.25, -0.2) is 9.67 Å². The van der Waals surface area contributed by atoms with E-state index in [1.807, 2.05) is 17.1 Å². The van der Waals surface area contributed by atoms with Crippen LogP contribution in [-0.2, 0) is 4.74 Å². The maximum atomic E-state index is 5.37. The number of anilines is 1. The van der Waals surface area contributed by atoms with Gasteiger partial charge in [-0.2, -0.15) is 5.10 Å². The third-order valence-electron chi connectivity index (χ3n) is 3.51. The molecule has 2 aromatic rings. The molecule has 5 heteroatoms. The van der Waals surface area contributed by atoms with Crippen LogP contribution < -0.4 is 5.32 Å².